The molecule has 4 aliphatic heterocycles. The zero-order valence-corrected chi connectivity index (χ0v) is 51.2. The fourth-order valence-corrected chi connectivity index (χ4v) is 12.7. The molecule has 0 spiro atoms. The number of hydrogen-bond donors (Lipinski definition) is 2. The molecule has 1 aliphatic carbocycles. The van der Waals surface area contributed by atoms with Crippen molar-refractivity contribution in [2.75, 3.05) is 34.0 Å². The van der Waals surface area contributed by atoms with Crippen LogP contribution in [0.4, 0.5) is 0 Å². The van der Waals surface area contributed by atoms with Gasteiger partial charge in [-0.15, -0.1) is 0 Å². The van der Waals surface area contributed by atoms with E-state index in [1.807, 2.05) is 84.6 Å². The summed E-state index contributed by atoms with van der Waals surface area (Å²) in [5.74, 6) is -9.53. The van der Waals surface area contributed by atoms with E-state index in [1.54, 1.807) is 47.8 Å². The van der Waals surface area contributed by atoms with Gasteiger partial charge in [0.05, 0.1) is 37.6 Å². The van der Waals surface area contributed by atoms with Crippen LogP contribution in [0.2, 0.25) is 19.6 Å². The summed E-state index contributed by atoms with van der Waals surface area (Å²) >= 11 is 0. The van der Waals surface area contributed by atoms with Crippen molar-refractivity contribution in [2.24, 2.45) is 40.9 Å². The standard InChI is InChI=1S/C61H97NO16Si/c1-37-21-17-16-18-22-38(2)50(71-11)33-45-26-24-43(7)61(70,77-45)55(66)56(67)62-28-20-19-23-46(62)57(68)75-51(34-47(63)39(3)30-42(6)53(78-79(13,14)15)54(72-12)52(65)41(5)29-37)40(4)31-44-25-27-49(48(64)32-44)76-58(69)60(10)35-73-59(8,9)74-36-60/h16-18,21-22,30,37,39-41,43-46,48-51,53-54,64,70H,19-20,23-29,31-36H2,1-15H3/b18-16?,21-17+,38-22?,42-30+/t37-,39-,40-,41-,43-,44+,45+,46+,48-,49-,50+,51+,53-,54+,61-/m1/s1. The van der Waals surface area contributed by atoms with Gasteiger partial charge in [0, 0.05) is 51.4 Å². The number of carbonyl (C=O) groups is 6. The number of esters is 2. The molecule has 4 heterocycles. The number of fused-ring (bicyclic) bond motifs is 3. The number of Topliss-reactive ketones (excluding diaryl/α,β-unsaturated/α-hetero) is 3. The van der Waals surface area contributed by atoms with Gasteiger partial charge in [0.1, 0.15) is 35.6 Å². The Kier molecular flexibility index (Phi) is 23.8. The molecule has 1 saturated carbocycles. The Hall–Kier alpha value is -3.72. The van der Waals surface area contributed by atoms with Crippen LogP contribution >= 0.6 is 0 Å². The number of allylic oxidation sites excluding steroid dienone is 6. The highest BCUT2D eigenvalue weighted by atomic mass is 28.4. The van der Waals surface area contributed by atoms with Gasteiger partial charge in [0.15, 0.2) is 19.9 Å². The number of ether oxygens (including phenoxy) is 7. The van der Waals surface area contributed by atoms with Crippen LogP contribution in [0.15, 0.2) is 47.6 Å². The number of ketones is 3. The van der Waals surface area contributed by atoms with E-state index >= 15 is 0 Å². The molecule has 0 unspecified atom stereocenters. The van der Waals surface area contributed by atoms with Gasteiger partial charge in [0.25, 0.3) is 11.7 Å². The fraction of sp³-hybridized carbons (Fsp3) is 0.770. The Morgan fingerprint density at radius 1 is 0.848 bits per heavy atom. The minimum atomic E-state index is -2.46. The lowest BCUT2D eigenvalue weighted by atomic mass is 9.78. The van der Waals surface area contributed by atoms with Gasteiger partial charge in [-0.05, 0) is 147 Å². The summed E-state index contributed by atoms with van der Waals surface area (Å²) in [6.07, 6.45) is 10.4. The van der Waals surface area contributed by atoms with Crippen molar-refractivity contribution >= 4 is 43.5 Å². The molecule has 79 heavy (non-hydrogen) atoms. The molecule has 18 heteroatoms. The summed E-state index contributed by atoms with van der Waals surface area (Å²) in [7, 11) is 0.746. The monoisotopic (exact) mass is 1130 g/mol. The van der Waals surface area contributed by atoms with Crippen molar-refractivity contribution < 1.29 is 76.6 Å². The zero-order chi connectivity index (χ0) is 58.8. The Balaban J connectivity index is 1.47. The number of aliphatic hydroxyl groups excluding tert-OH is 1. The minimum absolute atomic E-state index is 0.0309. The Morgan fingerprint density at radius 3 is 2.16 bits per heavy atom. The topological polar surface area (TPSA) is 220 Å². The van der Waals surface area contributed by atoms with Gasteiger partial charge in [-0.25, -0.2) is 4.79 Å². The van der Waals surface area contributed by atoms with Crippen LogP contribution in [0.3, 0.4) is 0 Å². The molecule has 17 nitrogen and oxygen atoms in total. The quantitative estimate of drug-likeness (QED) is 0.0954. The first-order valence-electron chi connectivity index (χ1n) is 29.0. The Labute approximate surface area is 472 Å². The number of hydrogen-bond acceptors (Lipinski definition) is 16. The van der Waals surface area contributed by atoms with Crippen molar-refractivity contribution in [2.45, 2.75) is 226 Å². The maximum absolute atomic E-state index is 14.7. The number of rotatable bonds is 9. The number of carbonyl (C=O) groups excluding carboxylic acids is 6. The van der Waals surface area contributed by atoms with Crippen LogP contribution in [0.25, 0.3) is 0 Å². The third kappa shape index (κ3) is 17.9. The summed E-state index contributed by atoms with van der Waals surface area (Å²) in [4.78, 5) is 87.2. The molecule has 1 amide bonds. The van der Waals surface area contributed by atoms with E-state index in [0.717, 1.165) is 5.57 Å². The molecule has 2 N–H and O–H groups in total. The first kappa shape index (κ1) is 66.1. The van der Waals surface area contributed by atoms with Crippen molar-refractivity contribution in [1.82, 2.24) is 4.90 Å². The van der Waals surface area contributed by atoms with E-state index in [1.165, 1.54) is 12.0 Å². The molecule has 0 radical (unpaired) electrons. The second kappa shape index (κ2) is 28.5. The maximum atomic E-state index is 14.7. The third-order valence-corrected chi connectivity index (χ3v) is 17.8. The molecular weight excluding hydrogens is 1030 g/mol. The van der Waals surface area contributed by atoms with Gasteiger partial charge >= 0.3 is 11.9 Å². The molecule has 4 fully saturated rings. The van der Waals surface area contributed by atoms with Crippen LogP contribution in [0.5, 0.6) is 0 Å². The van der Waals surface area contributed by atoms with Gasteiger partial charge in [-0.1, -0.05) is 71.1 Å². The van der Waals surface area contributed by atoms with E-state index in [9.17, 15) is 39.0 Å². The maximum Gasteiger partial charge on any atom is 0.329 e. The van der Waals surface area contributed by atoms with Crippen molar-refractivity contribution in [3.05, 3.63) is 47.6 Å². The number of nitrogens with zero attached hydrogens (tertiary/aromatic N) is 1. The summed E-state index contributed by atoms with van der Waals surface area (Å²) in [6, 6.07) is -1.19. The molecule has 0 aromatic rings. The van der Waals surface area contributed by atoms with E-state index in [2.05, 4.69) is 0 Å². The molecule has 5 rings (SSSR count). The second-order valence-corrected chi connectivity index (χ2v) is 30.0. The molecule has 0 aromatic heterocycles. The zero-order valence-electron chi connectivity index (χ0n) is 50.2. The highest BCUT2D eigenvalue weighted by molar-refractivity contribution is 6.69. The first-order chi connectivity index (χ1) is 36.9. The number of cyclic esters (lactones) is 1. The lowest BCUT2D eigenvalue weighted by Crippen LogP contribution is -2.61. The van der Waals surface area contributed by atoms with Crippen LogP contribution in [-0.2, 0) is 66.4 Å². The van der Waals surface area contributed by atoms with E-state index < -0.39 is 121 Å². The van der Waals surface area contributed by atoms with Gasteiger partial charge in [-0.3, -0.25) is 24.0 Å². The fourth-order valence-electron chi connectivity index (χ4n) is 11.7. The summed E-state index contributed by atoms with van der Waals surface area (Å²) in [5, 5.41) is 23.5. The van der Waals surface area contributed by atoms with Gasteiger partial charge in [0.2, 0.25) is 5.79 Å². The van der Waals surface area contributed by atoms with Crippen LogP contribution < -0.4 is 0 Å². The number of methoxy groups -OCH3 is 2. The molecule has 0 aromatic carbocycles. The average molecular weight is 1130 g/mol. The van der Waals surface area contributed by atoms with E-state index in [-0.39, 0.29) is 62.4 Å². The average Bonchev–Trinajstić information content (AvgIpc) is 3.39. The number of aliphatic hydroxyl groups is 2. The van der Waals surface area contributed by atoms with Gasteiger partial charge in [-0.2, -0.15) is 0 Å². The Morgan fingerprint density at radius 2 is 1.53 bits per heavy atom. The lowest BCUT2D eigenvalue weighted by Gasteiger charge is -2.42. The molecule has 2 bridgehead atoms. The van der Waals surface area contributed by atoms with Crippen molar-refractivity contribution in [1.29, 1.82) is 0 Å². The highest BCUT2D eigenvalue weighted by Gasteiger charge is 2.53. The molecule has 446 valence electrons. The van der Waals surface area contributed by atoms with Crippen LogP contribution in [-0.4, -0.2) is 153 Å². The van der Waals surface area contributed by atoms with Crippen LogP contribution in [0, 0.1) is 40.9 Å². The smallest absolute Gasteiger partial charge is 0.329 e. The lowest BCUT2D eigenvalue weighted by molar-refractivity contribution is -0.283. The largest absolute Gasteiger partial charge is 0.460 e. The predicted octanol–water partition coefficient (Wildman–Crippen LogP) is 8.73. The minimum Gasteiger partial charge on any atom is -0.460 e. The first-order valence-corrected chi connectivity index (χ1v) is 32.5. The number of piperidine rings is 1. The molecular formula is C61H97NO16Si. The summed E-state index contributed by atoms with van der Waals surface area (Å²) in [6.45, 7) is 24.7. The van der Waals surface area contributed by atoms with Crippen LogP contribution in [0.1, 0.15) is 146 Å². The Bertz CT molecular complexity index is 2240. The molecule has 5 aliphatic rings. The summed E-state index contributed by atoms with van der Waals surface area (Å²) < 4.78 is 48.6. The van der Waals surface area contributed by atoms with E-state index in [4.69, 9.17) is 37.6 Å². The van der Waals surface area contributed by atoms with Crippen molar-refractivity contribution in [3.63, 3.8) is 0 Å². The van der Waals surface area contributed by atoms with E-state index in [0.29, 0.717) is 63.4 Å². The van der Waals surface area contributed by atoms with Gasteiger partial charge < -0.3 is 52.7 Å². The second-order valence-electron chi connectivity index (χ2n) is 25.5. The normalized spacial score (nSPS) is 36.9. The molecule has 15 atom stereocenters. The predicted molar refractivity (Wildman–Crippen MR) is 301 cm³/mol. The molecule has 3 saturated heterocycles. The SMILES string of the molecule is CO[C@H]1C[C@@H]2CC[C@@H](C)[C@@](O)(O2)C(=O)C(=O)N2CCCC[C@H]2C(=O)O[C@H]([C@H](C)C[C@@H]2CC[C@@H](OC(=O)C3(C)COC(C)(C)OC3)[C@H](O)C2)CC(=O)[C@H](C)/C=C(\C)[C@@H](O[Si](C)(C)C)[C@@H](OC)C(=O)[C@H](C)C[C@H](C)/C=C/C=CC=C1C. The third-order valence-electron chi connectivity index (χ3n) is 16.9. The van der Waals surface area contributed by atoms with Crippen molar-refractivity contribution in [3.8, 4) is 0 Å². The number of amides is 1. The highest BCUT2D eigenvalue weighted by Crippen LogP contribution is 2.39. The summed E-state index contributed by atoms with van der Waals surface area (Å²) in [5.41, 5.74) is 0.486.